The van der Waals surface area contributed by atoms with E-state index in [1.807, 2.05) is 6.07 Å². The van der Waals surface area contributed by atoms with E-state index < -0.39 is 17.0 Å². The molecule has 1 aromatic rings. The average molecular weight is 256 g/mol. The summed E-state index contributed by atoms with van der Waals surface area (Å²) in [5, 5.41) is 27.3. The molecule has 4 heteroatoms. The molecule has 1 aromatic carbocycles. The van der Waals surface area contributed by atoms with Crippen molar-refractivity contribution >= 4 is 15.9 Å². The number of benzene rings is 1. The molecule has 0 bridgehead atoms. The molecule has 0 spiro atoms. The summed E-state index contributed by atoms with van der Waals surface area (Å²) < 4.78 is 0. The largest absolute Gasteiger partial charge is 0.392 e. The third-order valence-electron chi connectivity index (χ3n) is 1.95. The van der Waals surface area contributed by atoms with Crippen molar-refractivity contribution in [2.45, 2.75) is 10.4 Å². The highest BCUT2D eigenvalue weighted by atomic mass is 79.9. The van der Waals surface area contributed by atoms with Crippen LogP contribution in [-0.2, 0) is 0 Å². The smallest absolute Gasteiger partial charge is 0.190 e. The van der Waals surface area contributed by atoms with Crippen LogP contribution in [0.25, 0.3) is 0 Å². The van der Waals surface area contributed by atoms with Gasteiger partial charge in [0.05, 0.1) is 11.4 Å². The van der Waals surface area contributed by atoms with Gasteiger partial charge in [0.1, 0.15) is 6.07 Å². The minimum absolute atomic E-state index is 0.591. The first kappa shape index (κ1) is 11.2. The Morgan fingerprint density at radius 3 is 2.43 bits per heavy atom. The molecule has 0 amide bonds. The second kappa shape index (κ2) is 4.56. The molecule has 0 aliphatic carbocycles. The van der Waals surface area contributed by atoms with E-state index in [1.165, 1.54) is 0 Å². The molecule has 2 N–H and O–H groups in total. The van der Waals surface area contributed by atoms with Crippen LogP contribution in [0.5, 0.6) is 0 Å². The molecule has 0 saturated heterocycles. The van der Waals surface area contributed by atoms with Gasteiger partial charge in [-0.15, -0.1) is 0 Å². The van der Waals surface area contributed by atoms with E-state index >= 15 is 0 Å². The molecule has 0 aliphatic heterocycles. The number of hydrogen-bond donors (Lipinski definition) is 2. The van der Waals surface area contributed by atoms with Gasteiger partial charge in [-0.05, 0) is 5.56 Å². The summed E-state index contributed by atoms with van der Waals surface area (Å²) in [6.07, 6.45) is 0. The van der Waals surface area contributed by atoms with Crippen LogP contribution in [0.3, 0.4) is 0 Å². The first-order valence-corrected chi connectivity index (χ1v) is 4.99. The molecule has 0 fully saturated rings. The number of aliphatic hydroxyl groups is 2. The van der Waals surface area contributed by atoms with E-state index in [4.69, 9.17) is 10.4 Å². The van der Waals surface area contributed by atoms with E-state index in [0.29, 0.717) is 0 Å². The molecule has 0 heterocycles. The summed E-state index contributed by atoms with van der Waals surface area (Å²) in [5.74, 6) is 0. The zero-order valence-electron chi connectivity index (χ0n) is 7.39. The van der Waals surface area contributed by atoms with Crippen LogP contribution in [0.1, 0.15) is 10.4 Å². The monoisotopic (exact) mass is 255 g/mol. The fraction of sp³-hybridized carbons (Fsp3) is 0.300. The van der Waals surface area contributed by atoms with Crippen molar-refractivity contribution < 1.29 is 10.2 Å². The normalized spacial score (nSPS) is 16.7. The van der Waals surface area contributed by atoms with E-state index in [2.05, 4.69) is 15.9 Å². The van der Waals surface area contributed by atoms with Crippen LogP contribution in [0.2, 0.25) is 0 Å². The quantitative estimate of drug-likeness (QED) is 0.634. The molecule has 0 unspecified atom stereocenters. The van der Waals surface area contributed by atoms with Crippen molar-refractivity contribution in [1.29, 1.82) is 5.26 Å². The Labute approximate surface area is 90.7 Å². The lowest BCUT2D eigenvalue weighted by Crippen LogP contribution is -2.35. The maximum atomic E-state index is 9.69. The Balaban J connectivity index is 2.96. The predicted molar refractivity (Wildman–Crippen MR) is 55.8 cm³/mol. The van der Waals surface area contributed by atoms with Crippen molar-refractivity contribution in [3.8, 4) is 6.07 Å². The third kappa shape index (κ3) is 2.13. The minimum Gasteiger partial charge on any atom is -0.392 e. The first-order valence-electron chi connectivity index (χ1n) is 4.07. The van der Waals surface area contributed by atoms with Crippen molar-refractivity contribution in [3.05, 3.63) is 35.9 Å². The Morgan fingerprint density at radius 2 is 2.00 bits per heavy atom. The number of halogens is 1. The molecule has 1 rings (SSSR count). The van der Waals surface area contributed by atoms with Gasteiger partial charge in [0.25, 0.3) is 0 Å². The molecule has 0 aliphatic rings. The molecule has 2 atom stereocenters. The third-order valence-corrected chi connectivity index (χ3v) is 3.23. The van der Waals surface area contributed by atoms with E-state index in [-0.39, 0.29) is 0 Å². The Morgan fingerprint density at radius 1 is 1.43 bits per heavy atom. The van der Waals surface area contributed by atoms with Crippen molar-refractivity contribution in [3.63, 3.8) is 0 Å². The predicted octanol–water partition coefficient (Wildman–Crippen LogP) is 1.37. The van der Waals surface area contributed by atoms with Gasteiger partial charge in [-0.3, -0.25) is 0 Å². The van der Waals surface area contributed by atoms with Crippen LogP contribution >= 0.6 is 15.9 Å². The molecule has 0 aromatic heterocycles. The lowest BCUT2D eigenvalue weighted by atomic mass is 9.97. The summed E-state index contributed by atoms with van der Waals surface area (Å²) in [6.45, 7) is -0.603. The minimum atomic E-state index is -1.78. The summed E-state index contributed by atoms with van der Waals surface area (Å²) >= 11 is 3.20. The number of nitrogens with zero attached hydrogens (tertiary/aromatic N) is 1. The number of alkyl halides is 1. The van der Waals surface area contributed by atoms with Gasteiger partial charge < -0.3 is 10.2 Å². The molecular formula is C10H10BrNO2. The van der Waals surface area contributed by atoms with E-state index in [9.17, 15) is 5.11 Å². The van der Waals surface area contributed by atoms with Gasteiger partial charge in [-0.2, -0.15) is 5.26 Å². The van der Waals surface area contributed by atoms with Gasteiger partial charge in [0, 0.05) is 0 Å². The van der Waals surface area contributed by atoms with Crippen LogP contribution in [0.4, 0.5) is 0 Å². The van der Waals surface area contributed by atoms with Gasteiger partial charge in [0.15, 0.2) is 5.60 Å². The summed E-state index contributed by atoms with van der Waals surface area (Å²) in [6, 6.07) is 10.7. The molecule has 0 radical (unpaired) electrons. The fourth-order valence-corrected chi connectivity index (χ4v) is 1.62. The molecule has 74 valence electrons. The Hall–Kier alpha value is -0.890. The number of nitriles is 1. The van der Waals surface area contributed by atoms with Crippen LogP contribution < -0.4 is 0 Å². The zero-order chi connectivity index (χ0) is 10.6. The van der Waals surface area contributed by atoms with E-state index in [0.717, 1.165) is 5.56 Å². The zero-order valence-corrected chi connectivity index (χ0v) is 8.98. The number of aliphatic hydroxyl groups excluding tert-OH is 1. The van der Waals surface area contributed by atoms with Crippen molar-refractivity contribution in [2.75, 3.05) is 6.61 Å². The highest BCUT2D eigenvalue weighted by Gasteiger charge is 2.35. The second-order valence-corrected chi connectivity index (χ2v) is 3.88. The molecule has 0 saturated carbocycles. The highest BCUT2D eigenvalue weighted by molar-refractivity contribution is 9.09. The summed E-state index contributed by atoms with van der Waals surface area (Å²) in [7, 11) is 0. The van der Waals surface area contributed by atoms with E-state index in [1.54, 1.807) is 30.3 Å². The molecule has 14 heavy (non-hydrogen) atoms. The molecular weight excluding hydrogens is 246 g/mol. The number of hydrogen-bond acceptors (Lipinski definition) is 3. The Bertz CT molecular complexity index is 336. The maximum absolute atomic E-state index is 9.69. The maximum Gasteiger partial charge on any atom is 0.190 e. The van der Waals surface area contributed by atoms with Crippen molar-refractivity contribution in [2.24, 2.45) is 0 Å². The average Bonchev–Trinajstić information content (AvgIpc) is 2.28. The summed E-state index contributed by atoms with van der Waals surface area (Å²) in [4.78, 5) is -0.591. The van der Waals surface area contributed by atoms with Gasteiger partial charge in [-0.25, -0.2) is 0 Å². The first-order chi connectivity index (χ1) is 6.64. The number of rotatable bonds is 3. The van der Waals surface area contributed by atoms with Gasteiger partial charge in [0.2, 0.25) is 0 Å². The van der Waals surface area contributed by atoms with Crippen LogP contribution in [0, 0.1) is 11.3 Å². The van der Waals surface area contributed by atoms with Crippen LogP contribution in [0.15, 0.2) is 30.3 Å². The fourth-order valence-electron chi connectivity index (χ4n) is 1.07. The lowest BCUT2D eigenvalue weighted by Gasteiger charge is -2.23. The van der Waals surface area contributed by atoms with Crippen LogP contribution in [-0.4, -0.2) is 22.4 Å². The molecule has 3 nitrogen and oxygen atoms in total. The van der Waals surface area contributed by atoms with Gasteiger partial charge in [-0.1, -0.05) is 46.3 Å². The topological polar surface area (TPSA) is 64.2 Å². The second-order valence-electron chi connectivity index (χ2n) is 2.97. The standard InChI is InChI=1S/C10H10BrNO2/c11-9(10(14,6-12)7-13)8-4-2-1-3-5-8/h1-5,9,13-14H,7H2/t9-,10+/m0/s1. The van der Waals surface area contributed by atoms with Gasteiger partial charge >= 0.3 is 0 Å². The SMILES string of the molecule is N#C[C@@](O)(CO)[C@@H](Br)c1ccccc1. The van der Waals surface area contributed by atoms with Crippen molar-refractivity contribution in [1.82, 2.24) is 0 Å². The summed E-state index contributed by atoms with van der Waals surface area (Å²) in [5.41, 5.74) is -1.02. The lowest BCUT2D eigenvalue weighted by molar-refractivity contribution is 0.0334. The Kier molecular flexibility index (Phi) is 3.64. The highest BCUT2D eigenvalue weighted by Crippen LogP contribution is 2.33.